The van der Waals surface area contributed by atoms with Gasteiger partial charge in [0.15, 0.2) is 16.9 Å². The minimum atomic E-state index is -0.949. The first kappa shape index (κ1) is 14.3. The predicted octanol–water partition coefficient (Wildman–Crippen LogP) is 1.73. The minimum absolute atomic E-state index is 0.163. The van der Waals surface area contributed by atoms with Crippen molar-refractivity contribution in [3.05, 3.63) is 23.5 Å². The smallest absolute Gasteiger partial charge is 0.350 e. The van der Waals surface area contributed by atoms with Crippen molar-refractivity contribution >= 4 is 11.9 Å². The second-order valence-corrected chi connectivity index (χ2v) is 4.65. The average molecular weight is 254 g/mol. The first-order chi connectivity index (χ1) is 8.29. The summed E-state index contributed by atoms with van der Waals surface area (Å²) < 4.78 is 15.2. The molecule has 1 heterocycles. The van der Waals surface area contributed by atoms with E-state index in [9.17, 15) is 9.59 Å². The number of hydrogen-bond donors (Lipinski definition) is 0. The molecule has 0 saturated carbocycles. The standard InChI is InChI=1S/C13H18O5/c1-8(2)6-7-17-10-9(11(14)16-5)12(15)18-13(10,3)4/h1,6-7H2,2-5H3. The maximum atomic E-state index is 11.6. The molecule has 18 heavy (non-hydrogen) atoms. The molecule has 1 rings (SSSR count). The summed E-state index contributed by atoms with van der Waals surface area (Å²) in [6, 6.07) is 0. The summed E-state index contributed by atoms with van der Waals surface area (Å²) in [7, 11) is 1.21. The number of esters is 2. The molecule has 0 saturated heterocycles. The highest BCUT2D eigenvalue weighted by molar-refractivity contribution is 6.16. The summed E-state index contributed by atoms with van der Waals surface area (Å²) in [5, 5.41) is 0. The van der Waals surface area contributed by atoms with Gasteiger partial charge in [0.1, 0.15) is 0 Å². The molecule has 5 heteroatoms. The van der Waals surface area contributed by atoms with E-state index in [2.05, 4.69) is 11.3 Å². The van der Waals surface area contributed by atoms with E-state index in [1.165, 1.54) is 7.11 Å². The number of carbonyl (C=O) groups is 2. The Labute approximate surface area is 106 Å². The largest absolute Gasteiger partial charge is 0.492 e. The van der Waals surface area contributed by atoms with Gasteiger partial charge < -0.3 is 14.2 Å². The van der Waals surface area contributed by atoms with E-state index in [1.807, 2.05) is 6.92 Å². The van der Waals surface area contributed by atoms with Gasteiger partial charge in [0, 0.05) is 6.42 Å². The summed E-state index contributed by atoms with van der Waals surface area (Å²) in [5.41, 5.74) is -0.155. The van der Waals surface area contributed by atoms with Crippen LogP contribution in [0.4, 0.5) is 0 Å². The van der Waals surface area contributed by atoms with Gasteiger partial charge in [0.25, 0.3) is 0 Å². The number of carbonyl (C=O) groups excluding carboxylic acids is 2. The van der Waals surface area contributed by atoms with E-state index in [0.717, 1.165) is 5.57 Å². The van der Waals surface area contributed by atoms with Crippen LogP contribution in [0.2, 0.25) is 0 Å². The Morgan fingerprint density at radius 3 is 2.56 bits per heavy atom. The van der Waals surface area contributed by atoms with Crippen molar-refractivity contribution in [3.8, 4) is 0 Å². The fraction of sp³-hybridized carbons (Fsp3) is 0.538. The molecule has 0 atom stereocenters. The zero-order chi connectivity index (χ0) is 13.9. The molecule has 0 amide bonds. The molecule has 0 radical (unpaired) electrons. The van der Waals surface area contributed by atoms with Crippen molar-refractivity contribution in [1.82, 2.24) is 0 Å². The van der Waals surface area contributed by atoms with E-state index in [-0.39, 0.29) is 11.3 Å². The molecule has 0 aromatic carbocycles. The van der Waals surface area contributed by atoms with Crippen molar-refractivity contribution in [2.45, 2.75) is 32.8 Å². The molecule has 100 valence electrons. The third-order valence-corrected chi connectivity index (χ3v) is 2.49. The number of hydrogen-bond acceptors (Lipinski definition) is 5. The van der Waals surface area contributed by atoms with Crippen LogP contribution in [0.5, 0.6) is 0 Å². The van der Waals surface area contributed by atoms with Crippen LogP contribution in [0.25, 0.3) is 0 Å². The first-order valence-electron chi connectivity index (χ1n) is 5.63. The first-order valence-corrected chi connectivity index (χ1v) is 5.63. The zero-order valence-corrected chi connectivity index (χ0v) is 11.2. The Hall–Kier alpha value is -1.78. The highest BCUT2D eigenvalue weighted by atomic mass is 16.6. The fourth-order valence-electron chi connectivity index (χ4n) is 1.57. The van der Waals surface area contributed by atoms with Gasteiger partial charge in [-0.3, -0.25) is 0 Å². The van der Waals surface area contributed by atoms with Crippen molar-refractivity contribution < 1.29 is 23.8 Å². The Kier molecular flexibility index (Phi) is 4.16. The summed E-state index contributed by atoms with van der Waals surface area (Å²) in [6.07, 6.45) is 0.641. The molecule has 0 aliphatic carbocycles. The minimum Gasteiger partial charge on any atom is -0.492 e. The van der Waals surface area contributed by atoms with Crippen molar-refractivity contribution in [3.63, 3.8) is 0 Å². The topological polar surface area (TPSA) is 61.8 Å². The highest BCUT2D eigenvalue weighted by Gasteiger charge is 2.46. The van der Waals surface area contributed by atoms with Crippen LogP contribution in [0.15, 0.2) is 23.5 Å². The molecule has 0 fully saturated rings. The van der Waals surface area contributed by atoms with Crippen molar-refractivity contribution in [1.29, 1.82) is 0 Å². The normalized spacial score (nSPS) is 17.4. The van der Waals surface area contributed by atoms with Crippen LogP contribution in [-0.4, -0.2) is 31.3 Å². The van der Waals surface area contributed by atoms with Crippen LogP contribution in [0.3, 0.4) is 0 Å². The van der Waals surface area contributed by atoms with Crippen LogP contribution >= 0.6 is 0 Å². The fourth-order valence-corrected chi connectivity index (χ4v) is 1.57. The summed E-state index contributed by atoms with van der Waals surface area (Å²) in [5.74, 6) is -1.23. The molecule has 0 spiro atoms. The van der Waals surface area contributed by atoms with Gasteiger partial charge in [-0.1, -0.05) is 5.57 Å². The molecule has 0 aromatic heterocycles. The second kappa shape index (κ2) is 5.25. The second-order valence-electron chi connectivity index (χ2n) is 4.65. The maximum Gasteiger partial charge on any atom is 0.350 e. The van der Waals surface area contributed by atoms with Crippen LogP contribution in [0, 0.1) is 0 Å². The monoisotopic (exact) mass is 254 g/mol. The molecule has 1 aliphatic heterocycles. The number of ether oxygens (including phenoxy) is 3. The Balaban J connectivity index is 2.96. The van der Waals surface area contributed by atoms with E-state index < -0.39 is 17.5 Å². The van der Waals surface area contributed by atoms with Gasteiger partial charge in [-0.2, -0.15) is 0 Å². The Bertz CT molecular complexity index is 417. The van der Waals surface area contributed by atoms with Gasteiger partial charge in [0.05, 0.1) is 13.7 Å². The maximum absolute atomic E-state index is 11.6. The zero-order valence-electron chi connectivity index (χ0n) is 11.2. The van der Waals surface area contributed by atoms with E-state index in [1.54, 1.807) is 13.8 Å². The van der Waals surface area contributed by atoms with Crippen LogP contribution in [0.1, 0.15) is 27.2 Å². The summed E-state index contributed by atoms with van der Waals surface area (Å²) >= 11 is 0. The van der Waals surface area contributed by atoms with Crippen LogP contribution in [-0.2, 0) is 23.8 Å². The lowest BCUT2D eigenvalue weighted by molar-refractivity contribution is -0.148. The average Bonchev–Trinajstić information content (AvgIpc) is 2.47. The molecule has 5 nitrogen and oxygen atoms in total. The van der Waals surface area contributed by atoms with Gasteiger partial charge in [-0.05, 0) is 20.8 Å². The number of methoxy groups -OCH3 is 1. The van der Waals surface area contributed by atoms with Gasteiger partial charge in [-0.15, -0.1) is 6.58 Å². The molecular formula is C13H18O5. The van der Waals surface area contributed by atoms with Crippen molar-refractivity contribution in [2.75, 3.05) is 13.7 Å². The Morgan fingerprint density at radius 1 is 1.44 bits per heavy atom. The van der Waals surface area contributed by atoms with E-state index >= 15 is 0 Å². The van der Waals surface area contributed by atoms with Crippen molar-refractivity contribution in [2.24, 2.45) is 0 Å². The Morgan fingerprint density at radius 2 is 2.06 bits per heavy atom. The lowest BCUT2D eigenvalue weighted by Crippen LogP contribution is -2.25. The SMILES string of the molecule is C=C(C)CCOC1=C(C(=O)OC)C(=O)OC1(C)C. The lowest BCUT2D eigenvalue weighted by atomic mass is 10.1. The predicted molar refractivity (Wildman–Crippen MR) is 64.6 cm³/mol. The molecule has 0 bridgehead atoms. The summed E-state index contributed by atoms with van der Waals surface area (Å²) in [4.78, 5) is 23.2. The van der Waals surface area contributed by atoms with E-state index in [0.29, 0.717) is 13.0 Å². The third-order valence-electron chi connectivity index (χ3n) is 2.49. The summed E-state index contributed by atoms with van der Waals surface area (Å²) in [6.45, 7) is 9.30. The van der Waals surface area contributed by atoms with E-state index in [4.69, 9.17) is 9.47 Å². The quantitative estimate of drug-likeness (QED) is 0.425. The molecular weight excluding hydrogens is 236 g/mol. The highest BCUT2D eigenvalue weighted by Crippen LogP contribution is 2.33. The lowest BCUT2D eigenvalue weighted by Gasteiger charge is -2.21. The van der Waals surface area contributed by atoms with Gasteiger partial charge in [-0.25, -0.2) is 9.59 Å². The molecule has 1 aliphatic rings. The number of cyclic esters (lactones) is 1. The number of rotatable bonds is 5. The van der Waals surface area contributed by atoms with Gasteiger partial charge in [0.2, 0.25) is 0 Å². The van der Waals surface area contributed by atoms with Crippen LogP contribution < -0.4 is 0 Å². The molecule has 0 unspecified atom stereocenters. The van der Waals surface area contributed by atoms with Gasteiger partial charge >= 0.3 is 11.9 Å². The molecule has 0 N–H and O–H groups in total. The third kappa shape index (κ3) is 2.91. The molecule has 0 aromatic rings.